The molecule has 0 saturated carbocycles. The van der Waals surface area contributed by atoms with Crippen molar-refractivity contribution in [2.45, 2.75) is 13.3 Å². The first-order chi connectivity index (χ1) is 13.6. The maximum atomic E-state index is 12.4. The van der Waals surface area contributed by atoms with Gasteiger partial charge in [-0.3, -0.25) is 4.79 Å². The van der Waals surface area contributed by atoms with Crippen molar-refractivity contribution in [1.29, 1.82) is 0 Å². The molecule has 8 heteroatoms. The topological polar surface area (TPSA) is 64.1 Å². The molecule has 0 atom stereocenters. The molecule has 1 N–H and O–H groups in total. The van der Waals surface area contributed by atoms with Crippen LogP contribution in [0.4, 0.5) is 5.13 Å². The van der Waals surface area contributed by atoms with Crippen LogP contribution in [0.1, 0.15) is 11.3 Å². The minimum atomic E-state index is -0.125. The van der Waals surface area contributed by atoms with Crippen LogP contribution in [0.2, 0.25) is 0 Å². The first-order valence-corrected chi connectivity index (χ1v) is 11.1. The van der Waals surface area contributed by atoms with Crippen LogP contribution in [-0.4, -0.2) is 23.0 Å². The van der Waals surface area contributed by atoms with E-state index in [4.69, 9.17) is 4.74 Å². The lowest BCUT2D eigenvalue weighted by Gasteiger charge is -2.07. The number of carbonyl (C=O) groups excluding carboxylic acids is 1. The summed E-state index contributed by atoms with van der Waals surface area (Å²) in [6.45, 7) is 2.02. The summed E-state index contributed by atoms with van der Waals surface area (Å²) in [4.78, 5) is 22.6. The maximum absolute atomic E-state index is 12.4. The molecule has 0 fully saturated rings. The number of nitrogens with zero attached hydrogens (tertiary/aromatic N) is 2. The van der Waals surface area contributed by atoms with Gasteiger partial charge in [0.25, 0.3) is 0 Å². The fraction of sp³-hybridized carbons (Fsp3) is 0.150. The summed E-state index contributed by atoms with van der Waals surface area (Å²) in [5.74, 6) is 0.637. The van der Waals surface area contributed by atoms with Crippen LogP contribution in [0, 0.1) is 6.92 Å². The van der Waals surface area contributed by atoms with Gasteiger partial charge in [-0.1, -0.05) is 17.7 Å². The Balaban J connectivity index is 1.44. The highest BCUT2D eigenvalue weighted by atomic mass is 32.1. The second-order valence-electron chi connectivity index (χ2n) is 6.09. The highest BCUT2D eigenvalue weighted by Gasteiger charge is 2.14. The van der Waals surface area contributed by atoms with Gasteiger partial charge in [0.15, 0.2) is 5.13 Å². The number of aryl methyl sites for hydroxylation is 1. The fourth-order valence-electron chi connectivity index (χ4n) is 2.71. The van der Waals surface area contributed by atoms with Gasteiger partial charge in [-0.15, -0.1) is 34.0 Å². The van der Waals surface area contributed by atoms with Crippen LogP contribution in [0.25, 0.3) is 21.1 Å². The average molecular weight is 428 g/mol. The lowest BCUT2D eigenvalue weighted by atomic mass is 10.1. The Labute approximate surface area is 174 Å². The molecule has 5 nitrogen and oxygen atoms in total. The van der Waals surface area contributed by atoms with Crippen LogP contribution >= 0.6 is 34.0 Å². The van der Waals surface area contributed by atoms with E-state index in [9.17, 15) is 4.79 Å². The number of hydrogen-bond acceptors (Lipinski definition) is 7. The SMILES string of the molecule is COc1ccc(C)cc1-c1csc(NC(=O)Cc2csc(-c3cccs3)n2)n1. The Kier molecular flexibility index (Phi) is 5.52. The Morgan fingerprint density at radius 1 is 1.14 bits per heavy atom. The van der Waals surface area contributed by atoms with Crippen molar-refractivity contribution in [2.75, 3.05) is 12.4 Å². The molecule has 1 aromatic carbocycles. The molecule has 0 radical (unpaired) electrons. The van der Waals surface area contributed by atoms with Crippen molar-refractivity contribution in [3.63, 3.8) is 0 Å². The van der Waals surface area contributed by atoms with Gasteiger partial charge >= 0.3 is 0 Å². The van der Waals surface area contributed by atoms with Crippen LogP contribution in [0.5, 0.6) is 5.75 Å². The summed E-state index contributed by atoms with van der Waals surface area (Å²) in [5, 5.41) is 10.3. The molecule has 142 valence electrons. The van der Waals surface area contributed by atoms with Gasteiger partial charge in [0.1, 0.15) is 10.8 Å². The van der Waals surface area contributed by atoms with E-state index in [1.54, 1.807) is 29.8 Å². The fourth-order valence-corrected chi connectivity index (χ4v) is 5.07. The van der Waals surface area contributed by atoms with E-state index in [2.05, 4.69) is 15.3 Å². The van der Waals surface area contributed by atoms with Crippen molar-refractivity contribution < 1.29 is 9.53 Å². The number of benzene rings is 1. The smallest absolute Gasteiger partial charge is 0.232 e. The minimum Gasteiger partial charge on any atom is -0.496 e. The second kappa shape index (κ2) is 8.22. The third-order valence-electron chi connectivity index (χ3n) is 4.01. The minimum absolute atomic E-state index is 0.125. The molecule has 0 saturated heterocycles. The lowest BCUT2D eigenvalue weighted by molar-refractivity contribution is -0.115. The largest absolute Gasteiger partial charge is 0.496 e. The summed E-state index contributed by atoms with van der Waals surface area (Å²) in [7, 11) is 1.64. The molecule has 0 unspecified atom stereocenters. The maximum Gasteiger partial charge on any atom is 0.232 e. The van der Waals surface area contributed by atoms with E-state index in [-0.39, 0.29) is 12.3 Å². The van der Waals surface area contributed by atoms with Crippen molar-refractivity contribution in [2.24, 2.45) is 0 Å². The van der Waals surface area contributed by atoms with E-state index < -0.39 is 0 Å². The standard InChI is InChI=1S/C20H17N3O2S3/c1-12-5-6-16(25-2)14(8-12)15-11-28-20(22-15)23-18(24)9-13-10-27-19(21-13)17-4-3-7-26-17/h3-8,10-11H,9H2,1-2H3,(H,22,23,24). The first-order valence-electron chi connectivity index (χ1n) is 8.51. The molecule has 4 rings (SSSR count). The number of rotatable bonds is 6. The number of nitrogens with one attached hydrogen (secondary N) is 1. The van der Waals surface area contributed by atoms with Crippen LogP contribution in [-0.2, 0) is 11.2 Å². The summed E-state index contributed by atoms with van der Waals surface area (Å²) >= 11 is 4.60. The van der Waals surface area contributed by atoms with Gasteiger partial charge in [-0.2, -0.15) is 0 Å². The summed E-state index contributed by atoms with van der Waals surface area (Å²) in [5.41, 5.74) is 3.59. The van der Waals surface area contributed by atoms with Crippen LogP contribution in [0.3, 0.4) is 0 Å². The zero-order chi connectivity index (χ0) is 19.5. The molecular weight excluding hydrogens is 410 g/mol. The first kappa shape index (κ1) is 18.8. The normalized spacial score (nSPS) is 10.8. The highest BCUT2D eigenvalue weighted by Crippen LogP contribution is 2.33. The number of hydrogen-bond donors (Lipinski definition) is 1. The van der Waals surface area contributed by atoms with E-state index >= 15 is 0 Å². The number of ether oxygens (including phenoxy) is 1. The number of amides is 1. The monoisotopic (exact) mass is 427 g/mol. The summed E-state index contributed by atoms with van der Waals surface area (Å²) < 4.78 is 5.43. The third-order valence-corrected chi connectivity index (χ3v) is 6.69. The Hall–Kier alpha value is -2.55. The van der Waals surface area contributed by atoms with E-state index in [1.807, 2.05) is 53.4 Å². The third kappa shape index (κ3) is 4.14. The highest BCUT2D eigenvalue weighted by molar-refractivity contribution is 7.20. The van der Waals surface area contributed by atoms with Gasteiger partial charge in [-0.25, -0.2) is 9.97 Å². The molecule has 0 aliphatic carbocycles. The second-order valence-corrected chi connectivity index (χ2v) is 8.75. The molecule has 0 aliphatic heterocycles. The number of carbonyl (C=O) groups is 1. The number of thiophene rings is 1. The number of thiazole rings is 2. The number of methoxy groups -OCH3 is 1. The van der Waals surface area contributed by atoms with Crippen molar-refractivity contribution in [3.8, 4) is 26.9 Å². The van der Waals surface area contributed by atoms with E-state index in [0.717, 1.165) is 38.1 Å². The van der Waals surface area contributed by atoms with Gasteiger partial charge in [0.05, 0.1) is 29.8 Å². The van der Waals surface area contributed by atoms with Gasteiger partial charge < -0.3 is 10.1 Å². The van der Waals surface area contributed by atoms with Gasteiger partial charge in [-0.05, 0) is 30.5 Å². The molecule has 0 bridgehead atoms. The molecule has 28 heavy (non-hydrogen) atoms. The van der Waals surface area contributed by atoms with E-state index in [0.29, 0.717) is 5.13 Å². The predicted molar refractivity (Wildman–Crippen MR) is 117 cm³/mol. The van der Waals surface area contributed by atoms with Gasteiger partial charge in [0, 0.05) is 16.3 Å². The van der Waals surface area contributed by atoms with Crippen molar-refractivity contribution in [1.82, 2.24) is 9.97 Å². The summed E-state index contributed by atoms with van der Waals surface area (Å²) in [6, 6.07) is 9.98. The Bertz CT molecular complexity index is 1100. The predicted octanol–water partition coefficient (Wildman–Crippen LogP) is 5.49. The number of aromatic nitrogens is 2. The molecule has 4 aromatic rings. The van der Waals surface area contributed by atoms with Crippen molar-refractivity contribution >= 4 is 45.0 Å². The molecule has 3 heterocycles. The quantitative estimate of drug-likeness (QED) is 0.442. The molecule has 3 aromatic heterocycles. The average Bonchev–Trinajstić information content (AvgIpc) is 3.43. The summed E-state index contributed by atoms with van der Waals surface area (Å²) in [6.07, 6.45) is 0.227. The van der Waals surface area contributed by atoms with Crippen LogP contribution < -0.4 is 10.1 Å². The zero-order valence-corrected chi connectivity index (χ0v) is 17.7. The lowest BCUT2D eigenvalue weighted by Crippen LogP contribution is -2.14. The Morgan fingerprint density at radius 3 is 2.82 bits per heavy atom. The zero-order valence-electron chi connectivity index (χ0n) is 15.3. The molecule has 1 amide bonds. The number of anilines is 1. The molecular formula is C20H17N3O2S3. The van der Waals surface area contributed by atoms with Gasteiger partial charge in [0.2, 0.25) is 5.91 Å². The van der Waals surface area contributed by atoms with Crippen molar-refractivity contribution in [3.05, 3.63) is 57.7 Å². The molecule has 0 aliphatic rings. The molecule has 0 spiro atoms. The van der Waals surface area contributed by atoms with Crippen LogP contribution in [0.15, 0.2) is 46.5 Å². The van der Waals surface area contributed by atoms with E-state index in [1.165, 1.54) is 11.3 Å². The Morgan fingerprint density at radius 2 is 2.04 bits per heavy atom.